The molecule has 2 heterocycles. The lowest BCUT2D eigenvalue weighted by Crippen LogP contribution is -2.38. The lowest BCUT2D eigenvalue weighted by Gasteiger charge is -2.18. The first-order valence-electron chi connectivity index (χ1n) is 9.18. The molecule has 3 rings (SSSR count). The van der Waals surface area contributed by atoms with Crippen LogP contribution in [0, 0.1) is 0 Å². The molecular formula is C20H29IN4O2. The monoisotopic (exact) mass is 484 g/mol. The summed E-state index contributed by atoms with van der Waals surface area (Å²) in [6, 6.07) is 12.3. The number of aliphatic hydroxyl groups is 1. The Labute approximate surface area is 178 Å². The highest BCUT2D eigenvalue weighted by molar-refractivity contribution is 14.0. The van der Waals surface area contributed by atoms with Gasteiger partial charge in [0.05, 0.1) is 12.4 Å². The summed E-state index contributed by atoms with van der Waals surface area (Å²) < 4.78 is 5.34. The number of guanidine groups is 1. The zero-order chi connectivity index (χ0) is 18.2. The predicted molar refractivity (Wildman–Crippen MR) is 118 cm³/mol. The van der Waals surface area contributed by atoms with Crippen LogP contribution in [0.25, 0.3) is 0 Å². The van der Waals surface area contributed by atoms with Crippen LogP contribution in [-0.2, 0) is 19.5 Å². The van der Waals surface area contributed by atoms with Gasteiger partial charge in [0, 0.05) is 46.2 Å². The van der Waals surface area contributed by atoms with Crippen molar-refractivity contribution in [1.29, 1.82) is 0 Å². The van der Waals surface area contributed by atoms with E-state index in [0.717, 1.165) is 50.7 Å². The third-order valence-electron chi connectivity index (χ3n) is 4.67. The average molecular weight is 484 g/mol. The molecule has 3 N–H and O–H groups in total. The van der Waals surface area contributed by atoms with Crippen LogP contribution in [0.1, 0.15) is 23.3 Å². The lowest BCUT2D eigenvalue weighted by atomic mass is 10.1. The molecule has 0 spiro atoms. The Morgan fingerprint density at radius 3 is 2.70 bits per heavy atom. The molecule has 1 aromatic carbocycles. The first-order valence-corrected chi connectivity index (χ1v) is 9.18. The average Bonchev–Trinajstić information content (AvgIpc) is 3.31. The minimum absolute atomic E-state index is 0. The molecule has 0 aliphatic carbocycles. The van der Waals surface area contributed by atoms with Crippen molar-refractivity contribution in [3.63, 3.8) is 0 Å². The summed E-state index contributed by atoms with van der Waals surface area (Å²) in [6.07, 6.45) is 3.20. The van der Waals surface area contributed by atoms with E-state index in [9.17, 15) is 5.11 Å². The van der Waals surface area contributed by atoms with Gasteiger partial charge in [-0.25, -0.2) is 0 Å². The summed E-state index contributed by atoms with van der Waals surface area (Å²) in [5.74, 6) is 1.74. The van der Waals surface area contributed by atoms with Crippen molar-refractivity contribution in [2.24, 2.45) is 4.99 Å². The number of nitrogens with zero attached hydrogens (tertiary/aromatic N) is 2. The van der Waals surface area contributed by atoms with E-state index < -0.39 is 0 Å². The Morgan fingerprint density at radius 2 is 2.04 bits per heavy atom. The molecule has 0 saturated carbocycles. The van der Waals surface area contributed by atoms with Gasteiger partial charge < -0.3 is 20.2 Å². The quantitative estimate of drug-likeness (QED) is 0.320. The number of halogens is 1. The van der Waals surface area contributed by atoms with Crippen LogP contribution in [0.5, 0.6) is 0 Å². The van der Waals surface area contributed by atoms with Gasteiger partial charge >= 0.3 is 0 Å². The predicted octanol–water partition coefficient (Wildman–Crippen LogP) is 2.37. The largest absolute Gasteiger partial charge is 0.469 e. The van der Waals surface area contributed by atoms with Crippen molar-refractivity contribution in [2.75, 3.05) is 26.7 Å². The van der Waals surface area contributed by atoms with Crippen LogP contribution >= 0.6 is 24.0 Å². The Balaban J connectivity index is 0.00000261. The number of aliphatic hydroxyl groups excluding tert-OH is 1. The lowest BCUT2D eigenvalue weighted by molar-refractivity contribution is 0.174. The zero-order valence-electron chi connectivity index (χ0n) is 15.7. The van der Waals surface area contributed by atoms with Gasteiger partial charge in [-0.05, 0) is 29.7 Å². The van der Waals surface area contributed by atoms with E-state index in [2.05, 4.69) is 44.8 Å². The van der Waals surface area contributed by atoms with Crippen molar-refractivity contribution in [2.45, 2.75) is 32.0 Å². The molecule has 0 bridgehead atoms. The Morgan fingerprint density at radius 1 is 1.22 bits per heavy atom. The van der Waals surface area contributed by atoms with E-state index in [1.165, 1.54) is 11.1 Å². The molecule has 6 nitrogen and oxygen atoms in total. The molecule has 1 aliphatic heterocycles. The molecule has 0 amide bonds. The summed E-state index contributed by atoms with van der Waals surface area (Å²) in [4.78, 5) is 6.59. The molecular weight excluding hydrogens is 455 g/mol. The van der Waals surface area contributed by atoms with Gasteiger partial charge in [-0.2, -0.15) is 0 Å². The number of hydrogen-bond acceptors (Lipinski definition) is 4. The molecule has 1 aliphatic rings. The van der Waals surface area contributed by atoms with Crippen LogP contribution < -0.4 is 10.6 Å². The number of furan rings is 1. The van der Waals surface area contributed by atoms with E-state index in [1.807, 2.05) is 12.1 Å². The van der Waals surface area contributed by atoms with Crippen LogP contribution in [-0.4, -0.2) is 48.8 Å². The molecule has 1 unspecified atom stereocenters. The molecule has 1 atom stereocenters. The van der Waals surface area contributed by atoms with Crippen molar-refractivity contribution < 1.29 is 9.52 Å². The number of nitrogens with one attached hydrogen (secondary N) is 2. The van der Waals surface area contributed by atoms with Crippen LogP contribution in [0.2, 0.25) is 0 Å². The second-order valence-corrected chi connectivity index (χ2v) is 6.63. The van der Waals surface area contributed by atoms with Gasteiger partial charge in [0.15, 0.2) is 5.96 Å². The number of benzene rings is 1. The third-order valence-corrected chi connectivity index (χ3v) is 4.67. The third kappa shape index (κ3) is 6.82. The van der Waals surface area contributed by atoms with Gasteiger partial charge in [0.2, 0.25) is 0 Å². The summed E-state index contributed by atoms with van der Waals surface area (Å²) in [5.41, 5.74) is 2.54. The molecule has 7 heteroatoms. The fourth-order valence-electron chi connectivity index (χ4n) is 3.24. The van der Waals surface area contributed by atoms with Gasteiger partial charge in [-0.15, -0.1) is 24.0 Å². The topological polar surface area (TPSA) is 73.0 Å². The van der Waals surface area contributed by atoms with E-state index in [4.69, 9.17) is 4.42 Å². The number of aliphatic imine (C=N–C) groups is 1. The molecule has 2 aromatic rings. The van der Waals surface area contributed by atoms with Gasteiger partial charge in [0.25, 0.3) is 0 Å². The van der Waals surface area contributed by atoms with Crippen molar-refractivity contribution in [1.82, 2.24) is 15.5 Å². The molecule has 148 valence electrons. The maximum Gasteiger partial charge on any atom is 0.191 e. The van der Waals surface area contributed by atoms with Crippen molar-refractivity contribution >= 4 is 29.9 Å². The van der Waals surface area contributed by atoms with Gasteiger partial charge in [-0.1, -0.05) is 24.3 Å². The first-order chi connectivity index (χ1) is 12.7. The maximum absolute atomic E-state index is 9.72. The van der Waals surface area contributed by atoms with Crippen molar-refractivity contribution in [3.05, 3.63) is 59.5 Å². The molecule has 1 fully saturated rings. The minimum atomic E-state index is -0.183. The van der Waals surface area contributed by atoms with Crippen LogP contribution in [0.15, 0.2) is 52.1 Å². The zero-order valence-corrected chi connectivity index (χ0v) is 18.1. The first kappa shape index (κ1) is 21.7. The highest BCUT2D eigenvalue weighted by Gasteiger charge is 2.20. The Hall–Kier alpha value is -1.58. The summed E-state index contributed by atoms with van der Waals surface area (Å²) in [5, 5.41) is 16.4. The normalized spacial score (nSPS) is 17.6. The standard InChI is InChI=1S/C20H28N4O2.HI/c1-21-20(22-10-8-19-7-4-12-26-19)23-13-16-5-2-3-6-17(16)14-24-11-9-18(25)15-24;/h2-7,12,18,25H,8-11,13-15H2,1H3,(H2,21,22,23);1H. The highest BCUT2D eigenvalue weighted by atomic mass is 127. The summed E-state index contributed by atoms with van der Waals surface area (Å²) in [7, 11) is 1.78. The maximum atomic E-state index is 9.72. The molecule has 27 heavy (non-hydrogen) atoms. The van der Waals surface area contributed by atoms with E-state index in [-0.39, 0.29) is 30.1 Å². The second kappa shape index (κ2) is 11.3. The number of likely N-dealkylation sites (tertiary alicyclic amines) is 1. The highest BCUT2D eigenvalue weighted by Crippen LogP contribution is 2.16. The number of β-amino-alcohol motifs (C(OH)–C–C–N with tert-alkyl or cyclic N) is 1. The SMILES string of the molecule is CN=C(NCCc1ccco1)NCc1ccccc1CN1CCC(O)C1.I. The fraction of sp³-hybridized carbons (Fsp3) is 0.450. The summed E-state index contributed by atoms with van der Waals surface area (Å²) in [6.45, 7) is 4.07. The minimum Gasteiger partial charge on any atom is -0.469 e. The van der Waals surface area contributed by atoms with E-state index in [1.54, 1.807) is 13.3 Å². The van der Waals surface area contributed by atoms with Gasteiger partial charge in [-0.3, -0.25) is 9.89 Å². The van der Waals surface area contributed by atoms with Crippen LogP contribution in [0.3, 0.4) is 0 Å². The number of rotatable bonds is 7. The molecule has 0 radical (unpaired) electrons. The molecule has 1 aromatic heterocycles. The smallest absolute Gasteiger partial charge is 0.191 e. The van der Waals surface area contributed by atoms with Crippen LogP contribution in [0.4, 0.5) is 0 Å². The van der Waals surface area contributed by atoms with Gasteiger partial charge in [0.1, 0.15) is 5.76 Å². The fourth-order valence-corrected chi connectivity index (χ4v) is 3.24. The Kier molecular flexibility index (Phi) is 9.09. The van der Waals surface area contributed by atoms with E-state index in [0.29, 0.717) is 6.54 Å². The van der Waals surface area contributed by atoms with Crippen molar-refractivity contribution in [3.8, 4) is 0 Å². The second-order valence-electron chi connectivity index (χ2n) is 6.63. The van der Waals surface area contributed by atoms with E-state index >= 15 is 0 Å². The molecule has 1 saturated heterocycles. The summed E-state index contributed by atoms with van der Waals surface area (Å²) >= 11 is 0. The Bertz CT molecular complexity index is 706. The number of hydrogen-bond donors (Lipinski definition) is 3.